The fourth-order valence-corrected chi connectivity index (χ4v) is 5.24. The maximum Gasteiger partial charge on any atom is 0.416 e. The van der Waals surface area contributed by atoms with Crippen LogP contribution in [0.15, 0.2) is 47.4 Å². The Morgan fingerprint density at radius 3 is 2.48 bits per heavy atom. The van der Waals surface area contributed by atoms with Gasteiger partial charge in [-0.3, -0.25) is 0 Å². The van der Waals surface area contributed by atoms with E-state index in [9.17, 15) is 13.2 Å². The Balaban J connectivity index is 1.75. The highest BCUT2D eigenvalue weighted by Crippen LogP contribution is 2.36. The van der Waals surface area contributed by atoms with E-state index in [2.05, 4.69) is 13.0 Å². The molecule has 1 N–H and O–H groups in total. The molecule has 2 aromatic carbocycles. The van der Waals surface area contributed by atoms with E-state index < -0.39 is 11.7 Å². The number of aliphatic hydroxyl groups excluding tert-OH is 1. The molecule has 1 aromatic heterocycles. The molecule has 0 fully saturated rings. The minimum absolute atomic E-state index is 0.0250. The summed E-state index contributed by atoms with van der Waals surface area (Å²) in [7, 11) is 0. The predicted molar refractivity (Wildman–Crippen MR) is 120 cm³/mol. The number of benzene rings is 2. The number of alkyl halides is 3. The molecule has 3 nitrogen and oxygen atoms in total. The molecule has 0 aliphatic rings. The number of halogens is 3. The minimum Gasteiger partial charge on any atom is -0.491 e. The predicted octanol–water partition coefficient (Wildman–Crippen LogP) is 6.75. The van der Waals surface area contributed by atoms with Gasteiger partial charge in [0.05, 0.1) is 17.9 Å². The van der Waals surface area contributed by atoms with Gasteiger partial charge in [0.15, 0.2) is 0 Å². The zero-order chi connectivity index (χ0) is 22.4. The van der Waals surface area contributed by atoms with E-state index in [1.165, 1.54) is 23.5 Å². The lowest BCUT2D eigenvalue weighted by Gasteiger charge is -2.09. The van der Waals surface area contributed by atoms with Crippen LogP contribution in [0.4, 0.5) is 13.2 Å². The second-order valence-corrected chi connectivity index (χ2v) is 9.13. The van der Waals surface area contributed by atoms with Crippen molar-refractivity contribution < 1.29 is 23.0 Å². The van der Waals surface area contributed by atoms with Crippen molar-refractivity contribution in [2.24, 2.45) is 0 Å². The van der Waals surface area contributed by atoms with E-state index in [4.69, 9.17) is 14.8 Å². The van der Waals surface area contributed by atoms with Crippen LogP contribution in [0.3, 0.4) is 0 Å². The van der Waals surface area contributed by atoms with E-state index in [1.807, 2.05) is 19.1 Å². The maximum absolute atomic E-state index is 12.8. The zero-order valence-electron chi connectivity index (χ0n) is 17.3. The van der Waals surface area contributed by atoms with Crippen LogP contribution in [0.2, 0.25) is 0 Å². The lowest BCUT2D eigenvalue weighted by atomic mass is 10.1. The fraction of sp³-hybridized carbons (Fsp3) is 0.348. The van der Waals surface area contributed by atoms with Gasteiger partial charge in [-0.05, 0) is 49.2 Å². The Labute approximate surface area is 188 Å². The Kier molecular flexibility index (Phi) is 8.02. The van der Waals surface area contributed by atoms with Crippen LogP contribution < -0.4 is 4.74 Å². The number of aliphatic hydroxyl groups is 1. The summed E-state index contributed by atoms with van der Waals surface area (Å²) < 4.78 is 44.0. The molecule has 0 aliphatic carbocycles. The third-order valence-electron chi connectivity index (χ3n) is 4.59. The molecule has 0 bridgehead atoms. The van der Waals surface area contributed by atoms with Crippen molar-refractivity contribution in [2.45, 2.75) is 43.5 Å². The summed E-state index contributed by atoms with van der Waals surface area (Å²) in [6, 6.07) is 11.1. The van der Waals surface area contributed by atoms with E-state index >= 15 is 0 Å². The van der Waals surface area contributed by atoms with Gasteiger partial charge < -0.3 is 9.84 Å². The molecule has 166 valence electrons. The summed E-state index contributed by atoms with van der Waals surface area (Å²) in [5.74, 6) is 1.50. The van der Waals surface area contributed by atoms with Gasteiger partial charge in [-0.25, -0.2) is 4.98 Å². The zero-order valence-corrected chi connectivity index (χ0v) is 19.0. The summed E-state index contributed by atoms with van der Waals surface area (Å²) in [5.41, 5.74) is 2.06. The average molecular weight is 468 g/mol. The van der Waals surface area contributed by atoms with Crippen molar-refractivity contribution in [2.75, 3.05) is 13.2 Å². The molecule has 0 atom stereocenters. The first-order valence-corrected chi connectivity index (χ1v) is 11.7. The quantitative estimate of drug-likeness (QED) is 0.353. The lowest BCUT2D eigenvalue weighted by molar-refractivity contribution is -0.137. The number of thiazole rings is 1. The molecule has 1 heterocycles. The van der Waals surface area contributed by atoms with Crippen LogP contribution in [-0.4, -0.2) is 23.3 Å². The van der Waals surface area contributed by atoms with Gasteiger partial charge in [0.25, 0.3) is 0 Å². The third kappa shape index (κ3) is 6.24. The molecule has 0 amide bonds. The van der Waals surface area contributed by atoms with Gasteiger partial charge in [0, 0.05) is 21.1 Å². The van der Waals surface area contributed by atoms with Crippen molar-refractivity contribution in [1.29, 1.82) is 0 Å². The van der Waals surface area contributed by atoms with Crippen LogP contribution in [0.25, 0.3) is 10.6 Å². The highest BCUT2D eigenvalue weighted by molar-refractivity contribution is 7.98. The second-order valence-electron chi connectivity index (χ2n) is 7.00. The summed E-state index contributed by atoms with van der Waals surface area (Å²) in [4.78, 5) is 6.96. The molecule has 3 rings (SSSR count). The van der Waals surface area contributed by atoms with Crippen molar-refractivity contribution in [3.63, 3.8) is 0 Å². The topological polar surface area (TPSA) is 42.4 Å². The highest BCUT2D eigenvalue weighted by Gasteiger charge is 2.30. The van der Waals surface area contributed by atoms with Crippen molar-refractivity contribution in [3.05, 3.63) is 64.2 Å². The molecule has 0 saturated heterocycles. The SMILES string of the molecule is CCCc1nc(-c2ccc(C(F)(F)F)cc2)sc1CSc1ccc(OCCO)c(C)c1. The molecule has 31 heavy (non-hydrogen) atoms. The smallest absolute Gasteiger partial charge is 0.416 e. The van der Waals surface area contributed by atoms with Gasteiger partial charge in [0.1, 0.15) is 17.4 Å². The Bertz CT molecular complexity index is 1000. The van der Waals surface area contributed by atoms with Gasteiger partial charge >= 0.3 is 6.18 Å². The molecule has 0 radical (unpaired) electrons. The van der Waals surface area contributed by atoms with Gasteiger partial charge in [0.2, 0.25) is 0 Å². The van der Waals surface area contributed by atoms with Gasteiger partial charge in [-0.2, -0.15) is 13.2 Å². The van der Waals surface area contributed by atoms with E-state index in [-0.39, 0.29) is 13.2 Å². The standard InChI is InChI=1S/C23H24F3NO2S2/c1-3-4-19-21(14-30-18-9-10-20(15(2)13-18)29-12-11-28)31-22(27-19)16-5-7-17(8-6-16)23(24,25)26/h5-10,13,28H,3-4,11-12,14H2,1-2H3. The fourth-order valence-electron chi connectivity index (χ4n) is 3.03. The Morgan fingerprint density at radius 1 is 1.13 bits per heavy atom. The molecule has 8 heteroatoms. The molecular formula is C23H24F3NO2S2. The van der Waals surface area contributed by atoms with Crippen LogP contribution in [0.5, 0.6) is 5.75 Å². The van der Waals surface area contributed by atoms with Gasteiger partial charge in [-0.1, -0.05) is 25.5 Å². The molecule has 0 saturated carbocycles. The summed E-state index contributed by atoms with van der Waals surface area (Å²) >= 11 is 3.23. The summed E-state index contributed by atoms with van der Waals surface area (Å²) in [6.07, 6.45) is -2.56. The Morgan fingerprint density at radius 2 is 1.87 bits per heavy atom. The maximum atomic E-state index is 12.8. The first-order valence-electron chi connectivity index (χ1n) is 9.95. The molecule has 0 aliphatic heterocycles. The Hall–Kier alpha value is -2.03. The molecule has 3 aromatic rings. The van der Waals surface area contributed by atoms with Crippen LogP contribution in [-0.2, 0) is 18.3 Å². The number of aromatic nitrogens is 1. The lowest BCUT2D eigenvalue weighted by Crippen LogP contribution is -2.03. The third-order valence-corrected chi connectivity index (χ3v) is 6.94. The number of thioether (sulfide) groups is 1. The van der Waals surface area contributed by atoms with Gasteiger partial charge in [-0.15, -0.1) is 23.1 Å². The van der Waals surface area contributed by atoms with E-state index in [0.29, 0.717) is 5.56 Å². The molecule has 0 unspecified atom stereocenters. The number of nitrogens with zero attached hydrogens (tertiary/aromatic N) is 1. The number of aryl methyl sites for hydroxylation is 2. The van der Waals surface area contributed by atoms with E-state index in [0.717, 1.165) is 62.5 Å². The van der Waals surface area contributed by atoms with Crippen LogP contribution in [0, 0.1) is 6.92 Å². The largest absolute Gasteiger partial charge is 0.491 e. The van der Waals surface area contributed by atoms with Crippen molar-refractivity contribution in [1.82, 2.24) is 4.98 Å². The normalized spacial score (nSPS) is 11.7. The molecular weight excluding hydrogens is 443 g/mol. The molecule has 0 spiro atoms. The number of hydrogen-bond donors (Lipinski definition) is 1. The van der Waals surface area contributed by atoms with E-state index in [1.54, 1.807) is 11.8 Å². The first-order chi connectivity index (χ1) is 14.8. The van der Waals surface area contributed by atoms with Crippen LogP contribution in [0.1, 0.15) is 35.0 Å². The first kappa shape index (κ1) is 23.6. The number of hydrogen-bond acceptors (Lipinski definition) is 5. The second kappa shape index (κ2) is 10.5. The monoisotopic (exact) mass is 467 g/mol. The minimum atomic E-state index is -4.34. The van der Waals surface area contributed by atoms with Crippen molar-refractivity contribution in [3.8, 4) is 16.3 Å². The summed E-state index contributed by atoms with van der Waals surface area (Å²) in [5, 5.41) is 9.65. The number of rotatable bonds is 9. The number of ether oxygens (including phenoxy) is 1. The average Bonchev–Trinajstić information content (AvgIpc) is 3.14. The summed E-state index contributed by atoms with van der Waals surface area (Å²) in [6.45, 7) is 4.29. The van der Waals surface area contributed by atoms with Crippen LogP contribution >= 0.6 is 23.1 Å². The highest BCUT2D eigenvalue weighted by atomic mass is 32.2. The van der Waals surface area contributed by atoms with Crippen molar-refractivity contribution >= 4 is 23.1 Å².